The zero-order valence-corrected chi connectivity index (χ0v) is 16.0. The van der Waals surface area contributed by atoms with Crippen LogP contribution in [0.1, 0.15) is 18.9 Å². The highest BCUT2D eigenvalue weighted by atomic mass is 35.5. The van der Waals surface area contributed by atoms with Crippen molar-refractivity contribution < 1.29 is 19.0 Å². The number of methoxy groups -OCH3 is 2. The molecule has 26 heavy (non-hydrogen) atoms. The Balaban J connectivity index is 1.75. The maximum absolute atomic E-state index is 12.1. The third kappa shape index (κ3) is 5.85. The molecule has 2 aromatic rings. The zero-order chi connectivity index (χ0) is 18.9. The molecule has 0 aromatic heterocycles. The van der Waals surface area contributed by atoms with E-state index in [2.05, 4.69) is 5.32 Å². The second-order valence-electron chi connectivity index (χ2n) is 5.80. The van der Waals surface area contributed by atoms with Crippen LogP contribution in [0, 0.1) is 0 Å². The van der Waals surface area contributed by atoms with Crippen molar-refractivity contribution in [1.29, 1.82) is 0 Å². The number of hydrogen-bond donors (Lipinski definition) is 1. The molecule has 5 nitrogen and oxygen atoms in total. The summed E-state index contributed by atoms with van der Waals surface area (Å²) in [5, 5.41) is 3.52. The smallest absolute Gasteiger partial charge is 0.260 e. The molecular formula is C20H24ClNO4. The summed E-state index contributed by atoms with van der Waals surface area (Å²) in [5.41, 5.74) is 1.13. The first-order valence-electron chi connectivity index (χ1n) is 8.44. The van der Waals surface area contributed by atoms with E-state index in [0.29, 0.717) is 28.8 Å². The minimum Gasteiger partial charge on any atom is -0.493 e. The quantitative estimate of drug-likeness (QED) is 0.674. The van der Waals surface area contributed by atoms with E-state index >= 15 is 0 Å². The fourth-order valence-electron chi connectivity index (χ4n) is 2.45. The molecule has 1 atom stereocenters. The molecule has 0 radical (unpaired) electrons. The summed E-state index contributed by atoms with van der Waals surface area (Å²) in [6.07, 6.45) is 1.07. The molecule has 0 spiro atoms. The lowest BCUT2D eigenvalue weighted by Crippen LogP contribution is -2.36. The number of carbonyl (C=O) groups excluding carboxylic acids is 1. The van der Waals surface area contributed by atoms with Gasteiger partial charge in [-0.1, -0.05) is 17.7 Å². The molecule has 0 heterocycles. The van der Waals surface area contributed by atoms with Crippen LogP contribution in [0.4, 0.5) is 0 Å². The summed E-state index contributed by atoms with van der Waals surface area (Å²) in [5.74, 6) is 1.88. The molecule has 6 heteroatoms. The molecule has 0 aliphatic heterocycles. The summed E-state index contributed by atoms with van der Waals surface area (Å²) in [6, 6.07) is 12.8. The maximum Gasteiger partial charge on any atom is 0.260 e. The predicted octanol–water partition coefficient (Wildman–Crippen LogP) is 3.87. The van der Waals surface area contributed by atoms with Gasteiger partial charge < -0.3 is 19.5 Å². The van der Waals surface area contributed by atoms with Gasteiger partial charge in [-0.2, -0.15) is 0 Å². The molecule has 2 aromatic carbocycles. The monoisotopic (exact) mass is 377 g/mol. The normalized spacial score (nSPS) is 11.5. The van der Waals surface area contributed by atoms with E-state index in [0.717, 1.165) is 18.4 Å². The van der Waals surface area contributed by atoms with Gasteiger partial charge in [0.15, 0.2) is 17.6 Å². The molecule has 2 rings (SSSR count). The van der Waals surface area contributed by atoms with Gasteiger partial charge in [0, 0.05) is 11.6 Å². The Morgan fingerprint density at radius 2 is 1.77 bits per heavy atom. The van der Waals surface area contributed by atoms with Gasteiger partial charge in [0.2, 0.25) is 0 Å². The van der Waals surface area contributed by atoms with Gasteiger partial charge in [0.1, 0.15) is 5.75 Å². The van der Waals surface area contributed by atoms with Gasteiger partial charge in [-0.05, 0) is 61.7 Å². The third-order valence-electron chi connectivity index (χ3n) is 3.89. The van der Waals surface area contributed by atoms with Crippen LogP contribution in [0.25, 0.3) is 0 Å². The topological polar surface area (TPSA) is 56.8 Å². The van der Waals surface area contributed by atoms with Crippen molar-refractivity contribution in [2.24, 2.45) is 0 Å². The average Bonchev–Trinajstić information content (AvgIpc) is 2.66. The van der Waals surface area contributed by atoms with Crippen molar-refractivity contribution in [3.05, 3.63) is 53.1 Å². The lowest BCUT2D eigenvalue weighted by Gasteiger charge is -2.15. The number of ether oxygens (including phenoxy) is 3. The van der Waals surface area contributed by atoms with E-state index in [-0.39, 0.29) is 5.91 Å². The highest BCUT2D eigenvalue weighted by Crippen LogP contribution is 2.27. The van der Waals surface area contributed by atoms with E-state index in [9.17, 15) is 4.79 Å². The van der Waals surface area contributed by atoms with Crippen LogP contribution in [0.5, 0.6) is 17.2 Å². The Kier molecular flexibility index (Phi) is 7.60. The molecule has 1 amide bonds. The number of amides is 1. The van der Waals surface area contributed by atoms with Gasteiger partial charge in [-0.25, -0.2) is 0 Å². The van der Waals surface area contributed by atoms with Crippen molar-refractivity contribution in [2.45, 2.75) is 25.9 Å². The van der Waals surface area contributed by atoms with Gasteiger partial charge in [0.25, 0.3) is 5.91 Å². The number of rotatable bonds is 9. The Labute approximate surface area is 159 Å². The van der Waals surface area contributed by atoms with Crippen LogP contribution in [-0.2, 0) is 11.2 Å². The third-order valence-corrected chi connectivity index (χ3v) is 4.14. The highest BCUT2D eigenvalue weighted by molar-refractivity contribution is 6.30. The number of benzene rings is 2. The zero-order valence-electron chi connectivity index (χ0n) is 15.3. The summed E-state index contributed by atoms with van der Waals surface area (Å²) in [4.78, 5) is 12.1. The second-order valence-corrected chi connectivity index (χ2v) is 6.23. The van der Waals surface area contributed by atoms with E-state index in [1.807, 2.05) is 18.2 Å². The SMILES string of the molecule is COc1ccc(CCCNC(=O)[C@H](C)Oc2ccc(Cl)cc2)cc1OC. The lowest BCUT2D eigenvalue weighted by molar-refractivity contribution is -0.127. The van der Waals surface area contributed by atoms with Gasteiger partial charge in [0.05, 0.1) is 14.2 Å². The highest BCUT2D eigenvalue weighted by Gasteiger charge is 2.14. The largest absolute Gasteiger partial charge is 0.493 e. The van der Waals surface area contributed by atoms with E-state index in [4.69, 9.17) is 25.8 Å². The number of carbonyl (C=O) groups is 1. The van der Waals surface area contributed by atoms with Crippen LogP contribution >= 0.6 is 11.6 Å². The van der Waals surface area contributed by atoms with Crippen molar-refractivity contribution in [1.82, 2.24) is 5.32 Å². The van der Waals surface area contributed by atoms with Crippen molar-refractivity contribution in [2.75, 3.05) is 20.8 Å². The molecule has 0 fully saturated rings. The van der Waals surface area contributed by atoms with Gasteiger partial charge in [-0.3, -0.25) is 4.79 Å². The predicted molar refractivity (Wildman–Crippen MR) is 102 cm³/mol. The van der Waals surface area contributed by atoms with Crippen LogP contribution in [0.3, 0.4) is 0 Å². The second kappa shape index (κ2) is 9.92. The molecular weight excluding hydrogens is 354 g/mol. The molecule has 0 unspecified atom stereocenters. The summed E-state index contributed by atoms with van der Waals surface area (Å²) < 4.78 is 16.1. The minimum absolute atomic E-state index is 0.146. The van der Waals surface area contributed by atoms with Crippen molar-refractivity contribution in [3.8, 4) is 17.2 Å². The van der Waals surface area contributed by atoms with Crippen LogP contribution in [-0.4, -0.2) is 32.8 Å². The van der Waals surface area contributed by atoms with Crippen molar-refractivity contribution >= 4 is 17.5 Å². The van der Waals surface area contributed by atoms with Crippen LogP contribution < -0.4 is 19.5 Å². The van der Waals surface area contributed by atoms with Gasteiger partial charge >= 0.3 is 0 Å². The summed E-state index contributed by atoms with van der Waals surface area (Å²) in [6.45, 7) is 2.29. The first kappa shape index (κ1) is 19.9. The van der Waals surface area contributed by atoms with Crippen molar-refractivity contribution in [3.63, 3.8) is 0 Å². The molecule has 0 saturated heterocycles. The van der Waals surface area contributed by atoms with Crippen LogP contribution in [0.2, 0.25) is 5.02 Å². The maximum atomic E-state index is 12.1. The first-order chi connectivity index (χ1) is 12.5. The average molecular weight is 378 g/mol. The Hall–Kier alpha value is -2.40. The Morgan fingerprint density at radius 1 is 1.08 bits per heavy atom. The number of nitrogens with one attached hydrogen (secondary N) is 1. The Bertz CT molecular complexity index is 718. The standard InChI is InChI=1S/C20H24ClNO4/c1-14(26-17-9-7-16(21)8-10-17)20(23)22-12-4-5-15-6-11-18(24-2)19(13-15)25-3/h6-11,13-14H,4-5,12H2,1-3H3,(H,22,23)/t14-/m0/s1. The number of aryl methyl sites for hydroxylation is 1. The molecule has 0 bridgehead atoms. The number of hydrogen-bond acceptors (Lipinski definition) is 4. The fraction of sp³-hybridized carbons (Fsp3) is 0.350. The Morgan fingerprint density at radius 3 is 2.42 bits per heavy atom. The first-order valence-corrected chi connectivity index (χ1v) is 8.82. The van der Waals surface area contributed by atoms with Crippen LogP contribution in [0.15, 0.2) is 42.5 Å². The summed E-state index contributed by atoms with van der Waals surface area (Å²) in [7, 11) is 3.23. The van der Waals surface area contributed by atoms with E-state index < -0.39 is 6.10 Å². The molecule has 0 aliphatic rings. The molecule has 0 saturated carbocycles. The minimum atomic E-state index is -0.572. The van der Waals surface area contributed by atoms with Gasteiger partial charge in [-0.15, -0.1) is 0 Å². The van der Waals surface area contributed by atoms with E-state index in [1.165, 1.54) is 0 Å². The molecule has 0 aliphatic carbocycles. The summed E-state index contributed by atoms with van der Waals surface area (Å²) >= 11 is 5.83. The fourth-order valence-corrected chi connectivity index (χ4v) is 2.58. The molecule has 140 valence electrons. The lowest BCUT2D eigenvalue weighted by atomic mass is 10.1. The van der Waals surface area contributed by atoms with E-state index in [1.54, 1.807) is 45.4 Å². The number of halogens is 1. The molecule has 1 N–H and O–H groups in total.